The molecule has 1 heterocycles. The fourth-order valence-electron chi connectivity index (χ4n) is 1.90. The molecule has 1 aliphatic rings. The molecule has 0 bridgehead atoms. The van der Waals surface area contributed by atoms with Crippen LogP contribution in [0.1, 0.15) is 18.4 Å². The van der Waals surface area contributed by atoms with Crippen LogP contribution in [0.4, 0.5) is 10.2 Å². The zero-order valence-electron chi connectivity index (χ0n) is 9.78. The largest absolute Gasteiger partial charge is 0.362 e. The Morgan fingerprint density at radius 3 is 2.88 bits per heavy atom. The number of nitrogens with one attached hydrogen (secondary N) is 1. The van der Waals surface area contributed by atoms with E-state index in [0.717, 1.165) is 17.8 Å². The van der Waals surface area contributed by atoms with Gasteiger partial charge in [-0.2, -0.15) is 0 Å². The summed E-state index contributed by atoms with van der Waals surface area (Å²) >= 11 is 0. The zero-order valence-corrected chi connectivity index (χ0v) is 9.78. The number of alkyl halides is 1. The molecule has 0 aromatic carbocycles. The molecule has 0 spiro atoms. The summed E-state index contributed by atoms with van der Waals surface area (Å²) in [7, 11) is 3.93. The van der Waals surface area contributed by atoms with E-state index < -0.39 is 6.17 Å². The highest BCUT2D eigenvalue weighted by Gasteiger charge is 2.30. The standard InChI is InChI=1S/C12H18FN3/c1-16(2)12-9(4-3-7-14-12)8-15-11-6-5-10(11)13/h3-4,7,10-11,15H,5-6,8H2,1-2H3. The van der Waals surface area contributed by atoms with Crippen LogP contribution < -0.4 is 10.2 Å². The number of halogens is 1. The first-order valence-electron chi connectivity index (χ1n) is 5.67. The lowest BCUT2D eigenvalue weighted by atomic mass is 9.90. The second-order valence-corrected chi connectivity index (χ2v) is 4.46. The Morgan fingerprint density at radius 1 is 1.50 bits per heavy atom. The van der Waals surface area contributed by atoms with E-state index in [1.807, 2.05) is 31.1 Å². The van der Waals surface area contributed by atoms with Gasteiger partial charge in [-0.1, -0.05) is 6.07 Å². The second-order valence-electron chi connectivity index (χ2n) is 4.46. The second kappa shape index (κ2) is 4.78. The van der Waals surface area contributed by atoms with E-state index >= 15 is 0 Å². The van der Waals surface area contributed by atoms with Crippen LogP contribution in [0.15, 0.2) is 18.3 Å². The lowest BCUT2D eigenvalue weighted by Gasteiger charge is -2.31. The average Bonchev–Trinajstić information content (AvgIpc) is 2.27. The van der Waals surface area contributed by atoms with E-state index in [1.54, 1.807) is 6.20 Å². The molecule has 4 heteroatoms. The number of pyridine rings is 1. The van der Waals surface area contributed by atoms with E-state index in [9.17, 15) is 4.39 Å². The lowest BCUT2D eigenvalue weighted by Crippen LogP contribution is -2.45. The SMILES string of the molecule is CN(C)c1ncccc1CNC1CCC1F. The van der Waals surface area contributed by atoms with Crippen molar-refractivity contribution in [3.63, 3.8) is 0 Å². The molecule has 1 saturated carbocycles. The van der Waals surface area contributed by atoms with Crippen molar-refractivity contribution in [2.24, 2.45) is 0 Å². The third kappa shape index (κ3) is 2.32. The minimum Gasteiger partial charge on any atom is -0.362 e. The topological polar surface area (TPSA) is 28.2 Å². The van der Waals surface area contributed by atoms with Crippen LogP contribution in [-0.4, -0.2) is 31.3 Å². The molecule has 1 N–H and O–H groups in total. The average molecular weight is 223 g/mol. The molecule has 1 aromatic heterocycles. The van der Waals surface area contributed by atoms with Crippen LogP contribution in [0.2, 0.25) is 0 Å². The fraction of sp³-hybridized carbons (Fsp3) is 0.583. The molecule has 1 fully saturated rings. The summed E-state index contributed by atoms with van der Waals surface area (Å²) in [5.74, 6) is 0.949. The summed E-state index contributed by atoms with van der Waals surface area (Å²) in [4.78, 5) is 6.29. The number of hydrogen-bond acceptors (Lipinski definition) is 3. The van der Waals surface area contributed by atoms with E-state index in [-0.39, 0.29) is 6.04 Å². The van der Waals surface area contributed by atoms with Gasteiger partial charge in [-0.25, -0.2) is 9.37 Å². The van der Waals surface area contributed by atoms with Gasteiger partial charge in [-0.05, 0) is 18.9 Å². The molecule has 1 aliphatic carbocycles. The molecule has 1 aromatic rings. The van der Waals surface area contributed by atoms with E-state index in [1.165, 1.54) is 0 Å². The van der Waals surface area contributed by atoms with E-state index in [4.69, 9.17) is 0 Å². The lowest BCUT2D eigenvalue weighted by molar-refractivity contribution is 0.141. The van der Waals surface area contributed by atoms with Crippen molar-refractivity contribution in [3.8, 4) is 0 Å². The molecule has 0 radical (unpaired) electrons. The molecule has 0 amide bonds. The molecule has 0 aliphatic heterocycles. The Morgan fingerprint density at radius 2 is 2.31 bits per heavy atom. The Bertz CT molecular complexity index is 354. The predicted octanol–water partition coefficient (Wildman–Crippen LogP) is 1.74. The minimum atomic E-state index is -0.667. The first-order chi connectivity index (χ1) is 7.68. The van der Waals surface area contributed by atoms with E-state index in [0.29, 0.717) is 13.0 Å². The third-order valence-corrected chi connectivity index (χ3v) is 3.04. The van der Waals surface area contributed by atoms with Gasteiger partial charge in [0.05, 0.1) is 0 Å². The molecule has 16 heavy (non-hydrogen) atoms. The summed E-state index contributed by atoms with van der Waals surface area (Å²) in [6, 6.07) is 3.98. The summed E-state index contributed by atoms with van der Waals surface area (Å²) in [6.07, 6.45) is 2.75. The Hall–Kier alpha value is -1.16. The van der Waals surface area contributed by atoms with Crippen molar-refractivity contribution in [3.05, 3.63) is 23.9 Å². The van der Waals surface area contributed by atoms with Gasteiger partial charge in [0.15, 0.2) is 0 Å². The molecule has 88 valence electrons. The fourth-order valence-corrected chi connectivity index (χ4v) is 1.90. The monoisotopic (exact) mass is 223 g/mol. The highest BCUT2D eigenvalue weighted by Crippen LogP contribution is 2.24. The number of nitrogens with zero attached hydrogens (tertiary/aromatic N) is 2. The molecule has 2 rings (SSSR count). The summed E-state index contributed by atoms with van der Waals surface area (Å²) in [6.45, 7) is 0.687. The van der Waals surface area contributed by atoms with Crippen molar-refractivity contribution < 1.29 is 4.39 Å². The summed E-state index contributed by atoms with van der Waals surface area (Å²) in [5.41, 5.74) is 1.12. The van der Waals surface area contributed by atoms with Crippen molar-refractivity contribution in [2.75, 3.05) is 19.0 Å². The maximum Gasteiger partial charge on any atom is 0.132 e. The van der Waals surface area contributed by atoms with Crippen molar-refractivity contribution in [2.45, 2.75) is 31.6 Å². The maximum absolute atomic E-state index is 13.1. The maximum atomic E-state index is 13.1. The number of anilines is 1. The highest BCUT2D eigenvalue weighted by molar-refractivity contribution is 5.45. The van der Waals surface area contributed by atoms with Crippen LogP contribution >= 0.6 is 0 Å². The van der Waals surface area contributed by atoms with Crippen LogP contribution in [-0.2, 0) is 6.54 Å². The Balaban J connectivity index is 1.98. The molecule has 2 unspecified atom stereocenters. The number of hydrogen-bond donors (Lipinski definition) is 1. The predicted molar refractivity (Wildman–Crippen MR) is 63.3 cm³/mol. The van der Waals surface area contributed by atoms with Gasteiger partial charge < -0.3 is 10.2 Å². The Kier molecular flexibility index (Phi) is 3.39. The van der Waals surface area contributed by atoms with Gasteiger partial charge in [0, 0.05) is 38.4 Å². The number of rotatable bonds is 4. The highest BCUT2D eigenvalue weighted by atomic mass is 19.1. The third-order valence-electron chi connectivity index (χ3n) is 3.04. The van der Waals surface area contributed by atoms with Gasteiger partial charge in [-0.15, -0.1) is 0 Å². The molecular weight excluding hydrogens is 205 g/mol. The van der Waals surface area contributed by atoms with Crippen LogP contribution in [0.3, 0.4) is 0 Å². The smallest absolute Gasteiger partial charge is 0.132 e. The van der Waals surface area contributed by atoms with Gasteiger partial charge in [0.25, 0.3) is 0 Å². The van der Waals surface area contributed by atoms with Crippen LogP contribution in [0.25, 0.3) is 0 Å². The van der Waals surface area contributed by atoms with Gasteiger partial charge in [0.2, 0.25) is 0 Å². The van der Waals surface area contributed by atoms with Gasteiger partial charge >= 0.3 is 0 Å². The van der Waals surface area contributed by atoms with Crippen molar-refractivity contribution in [1.82, 2.24) is 10.3 Å². The van der Waals surface area contributed by atoms with Crippen LogP contribution in [0, 0.1) is 0 Å². The Labute approximate surface area is 95.7 Å². The normalized spacial score (nSPS) is 23.9. The van der Waals surface area contributed by atoms with E-state index in [2.05, 4.69) is 10.3 Å². The number of aromatic nitrogens is 1. The minimum absolute atomic E-state index is 0.0372. The summed E-state index contributed by atoms with van der Waals surface area (Å²) in [5, 5.41) is 3.24. The first kappa shape index (κ1) is 11.3. The molecular formula is C12H18FN3. The first-order valence-corrected chi connectivity index (χ1v) is 5.67. The molecule has 0 saturated heterocycles. The molecule has 2 atom stereocenters. The van der Waals surface area contributed by atoms with Crippen molar-refractivity contribution in [1.29, 1.82) is 0 Å². The summed E-state index contributed by atoms with van der Waals surface area (Å²) < 4.78 is 13.1. The molecule has 3 nitrogen and oxygen atoms in total. The van der Waals surface area contributed by atoms with Crippen LogP contribution in [0.5, 0.6) is 0 Å². The van der Waals surface area contributed by atoms with Crippen molar-refractivity contribution >= 4 is 5.82 Å². The quantitative estimate of drug-likeness (QED) is 0.842. The van der Waals surface area contributed by atoms with Gasteiger partial charge in [-0.3, -0.25) is 0 Å². The van der Waals surface area contributed by atoms with Gasteiger partial charge in [0.1, 0.15) is 12.0 Å². The zero-order chi connectivity index (χ0) is 11.5.